The lowest BCUT2D eigenvalue weighted by Crippen LogP contribution is -2.37. The number of nitrogens with zero attached hydrogens (tertiary/aromatic N) is 1. The topological polar surface area (TPSA) is 42.4 Å². The summed E-state index contributed by atoms with van der Waals surface area (Å²) < 4.78 is 6.86. The molecular formula is C14H14BrNO2S. The zero-order valence-corrected chi connectivity index (χ0v) is 12.8. The van der Waals surface area contributed by atoms with E-state index in [0.717, 1.165) is 21.7 Å². The molecule has 1 aromatic heterocycles. The summed E-state index contributed by atoms with van der Waals surface area (Å²) in [5.74, 6) is 1.44. The molecule has 0 spiro atoms. The lowest BCUT2D eigenvalue weighted by molar-refractivity contribution is 0.145. The molecule has 1 aliphatic heterocycles. The first-order valence-electron chi connectivity index (χ1n) is 6.20. The molecule has 19 heavy (non-hydrogen) atoms. The average Bonchev–Trinajstić information content (AvgIpc) is 2.41. The smallest absolute Gasteiger partial charge is 0.152 e. The second kappa shape index (κ2) is 5.21. The molecule has 0 fully saturated rings. The Morgan fingerprint density at radius 3 is 3.16 bits per heavy atom. The van der Waals surface area contributed by atoms with Crippen LogP contribution in [0.3, 0.4) is 0 Å². The SMILES string of the molecule is C[C@@H]1Sc2ncccc2O[C@H]1C1C=C(Br)C(O)=CC1. The molecule has 0 bridgehead atoms. The van der Waals surface area contributed by atoms with E-state index in [1.807, 2.05) is 24.3 Å². The van der Waals surface area contributed by atoms with Gasteiger partial charge in [-0.1, -0.05) is 17.8 Å². The Morgan fingerprint density at radius 2 is 2.37 bits per heavy atom. The maximum absolute atomic E-state index is 9.61. The van der Waals surface area contributed by atoms with Crippen LogP contribution in [0.1, 0.15) is 13.3 Å². The molecule has 5 heteroatoms. The van der Waals surface area contributed by atoms with Gasteiger partial charge in [-0.2, -0.15) is 0 Å². The van der Waals surface area contributed by atoms with Crippen molar-refractivity contribution < 1.29 is 9.84 Å². The number of aliphatic hydroxyl groups is 1. The van der Waals surface area contributed by atoms with E-state index >= 15 is 0 Å². The second-order valence-electron chi connectivity index (χ2n) is 4.72. The van der Waals surface area contributed by atoms with E-state index in [0.29, 0.717) is 11.0 Å². The van der Waals surface area contributed by atoms with Crippen molar-refractivity contribution >= 4 is 27.7 Å². The number of aromatic nitrogens is 1. The van der Waals surface area contributed by atoms with Crippen molar-refractivity contribution in [3.05, 3.63) is 40.7 Å². The van der Waals surface area contributed by atoms with E-state index in [4.69, 9.17) is 4.74 Å². The van der Waals surface area contributed by atoms with Gasteiger partial charge in [0, 0.05) is 17.4 Å². The van der Waals surface area contributed by atoms with Gasteiger partial charge >= 0.3 is 0 Å². The van der Waals surface area contributed by atoms with E-state index in [9.17, 15) is 5.11 Å². The summed E-state index contributed by atoms with van der Waals surface area (Å²) in [7, 11) is 0. The molecule has 0 radical (unpaired) electrons. The number of ether oxygens (including phenoxy) is 1. The fourth-order valence-electron chi connectivity index (χ4n) is 2.39. The number of halogens is 1. The van der Waals surface area contributed by atoms with Crippen LogP contribution in [0.5, 0.6) is 5.75 Å². The maximum atomic E-state index is 9.61. The predicted octanol–water partition coefficient (Wildman–Crippen LogP) is 4.06. The van der Waals surface area contributed by atoms with Gasteiger partial charge in [0.1, 0.15) is 16.9 Å². The number of rotatable bonds is 1. The summed E-state index contributed by atoms with van der Waals surface area (Å²) in [5, 5.41) is 10.9. The highest BCUT2D eigenvalue weighted by Crippen LogP contribution is 2.42. The van der Waals surface area contributed by atoms with Gasteiger partial charge in [0.2, 0.25) is 0 Å². The lowest BCUT2D eigenvalue weighted by Gasteiger charge is -2.35. The van der Waals surface area contributed by atoms with Gasteiger partial charge in [-0.3, -0.25) is 0 Å². The molecule has 2 aliphatic rings. The van der Waals surface area contributed by atoms with Crippen LogP contribution in [0.4, 0.5) is 0 Å². The third-order valence-electron chi connectivity index (χ3n) is 3.37. The molecule has 100 valence electrons. The van der Waals surface area contributed by atoms with Crippen molar-refractivity contribution in [2.24, 2.45) is 5.92 Å². The van der Waals surface area contributed by atoms with Crippen LogP contribution >= 0.6 is 27.7 Å². The molecule has 0 amide bonds. The minimum atomic E-state index is 0.0959. The normalized spacial score (nSPS) is 29.9. The maximum Gasteiger partial charge on any atom is 0.152 e. The van der Waals surface area contributed by atoms with Crippen LogP contribution < -0.4 is 4.74 Å². The van der Waals surface area contributed by atoms with E-state index in [-0.39, 0.29) is 12.0 Å². The monoisotopic (exact) mass is 339 g/mol. The molecule has 1 N–H and O–H groups in total. The Hall–Kier alpha value is -0.940. The predicted molar refractivity (Wildman–Crippen MR) is 79.8 cm³/mol. The van der Waals surface area contributed by atoms with E-state index < -0.39 is 0 Å². The van der Waals surface area contributed by atoms with Gasteiger partial charge in [0.15, 0.2) is 5.75 Å². The zero-order chi connectivity index (χ0) is 13.4. The van der Waals surface area contributed by atoms with Crippen molar-refractivity contribution in [2.75, 3.05) is 0 Å². The first-order valence-corrected chi connectivity index (χ1v) is 7.87. The van der Waals surface area contributed by atoms with Gasteiger partial charge in [0.05, 0.1) is 4.48 Å². The molecule has 3 atom stereocenters. The molecule has 2 heterocycles. The second-order valence-corrected chi connectivity index (χ2v) is 6.94. The molecule has 0 aromatic carbocycles. The highest BCUT2D eigenvalue weighted by Gasteiger charge is 2.34. The number of aliphatic hydroxyl groups excluding tert-OH is 1. The van der Waals surface area contributed by atoms with Crippen LogP contribution in [0.2, 0.25) is 0 Å². The standard InChI is InChI=1S/C14H14BrNO2S/c1-8-13(9-4-5-11(17)10(15)7-9)18-12-3-2-6-16-14(12)19-8/h2-3,5-9,13,17H,4H2,1H3/t8-,9?,13+/m0/s1. The Morgan fingerprint density at radius 1 is 1.53 bits per heavy atom. The Balaban J connectivity index is 1.84. The Kier molecular flexibility index (Phi) is 3.58. The third-order valence-corrected chi connectivity index (χ3v) is 5.21. The molecular weight excluding hydrogens is 326 g/mol. The number of thioether (sulfide) groups is 1. The van der Waals surface area contributed by atoms with Gasteiger partial charge in [-0.05, 0) is 47.5 Å². The summed E-state index contributed by atoms with van der Waals surface area (Å²) in [6.07, 6.45) is 6.57. The van der Waals surface area contributed by atoms with Gasteiger partial charge in [-0.25, -0.2) is 4.98 Å². The highest BCUT2D eigenvalue weighted by atomic mass is 79.9. The van der Waals surface area contributed by atoms with Crippen LogP contribution in [-0.2, 0) is 0 Å². The molecule has 0 saturated carbocycles. The molecule has 1 aliphatic carbocycles. The Bertz CT molecular complexity index is 558. The van der Waals surface area contributed by atoms with Crippen LogP contribution in [0, 0.1) is 5.92 Å². The number of pyridine rings is 1. The largest absolute Gasteiger partial charge is 0.507 e. The quantitative estimate of drug-likeness (QED) is 0.837. The Labute approximate surface area is 124 Å². The van der Waals surface area contributed by atoms with Crippen molar-refractivity contribution in [1.29, 1.82) is 0 Å². The summed E-state index contributed by atoms with van der Waals surface area (Å²) in [4.78, 5) is 4.34. The minimum absolute atomic E-state index is 0.0959. The van der Waals surface area contributed by atoms with Crippen molar-refractivity contribution in [3.8, 4) is 5.75 Å². The average molecular weight is 340 g/mol. The zero-order valence-electron chi connectivity index (χ0n) is 10.4. The van der Waals surface area contributed by atoms with Crippen molar-refractivity contribution in [3.63, 3.8) is 0 Å². The molecule has 1 aromatic rings. The summed E-state index contributed by atoms with van der Waals surface area (Å²) in [5.41, 5.74) is 0. The number of fused-ring (bicyclic) bond motifs is 1. The lowest BCUT2D eigenvalue weighted by atomic mass is 9.92. The molecule has 0 saturated heterocycles. The van der Waals surface area contributed by atoms with Gasteiger partial charge < -0.3 is 9.84 Å². The minimum Gasteiger partial charge on any atom is -0.507 e. The number of hydrogen-bond donors (Lipinski definition) is 1. The van der Waals surface area contributed by atoms with E-state index in [1.54, 1.807) is 18.0 Å². The van der Waals surface area contributed by atoms with Crippen LogP contribution in [-0.4, -0.2) is 21.4 Å². The van der Waals surface area contributed by atoms with Crippen LogP contribution in [0.15, 0.2) is 45.7 Å². The fourth-order valence-corrected chi connectivity index (χ4v) is 3.99. The molecule has 3 rings (SSSR count). The van der Waals surface area contributed by atoms with Gasteiger partial charge in [0.25, 0.3) is 0 Å². The molecule has 3 nitrogen and oxygen atoms in total. The van der Waals surface area contributed by atoms with E-state index in [1.165, 1.54) is 0 Å². The third kappa shape index (κ3) is 2.54. The van der Waals surface area contributed by atoms with Crippen molar-refractivity contribution in [1.82, 2.24) is 4.98 Å². The highest BCUT2D eigenvalue weighted by molar-refractivity contribution is 9.11. The van der Waals surface area contributed by atoms with E-state index in [2.05, 4.69) is 27.8 Å². The summed E-state index contributed by atoms with van der Waals surface area (Å²) >= 11 is 5.13. The summed E-state index contributed by atoms with van der Waals surface area (Å²) in [6.45, 7) is 2.16. The molecule has 1 unspecified atom stereocenters. The van der Waals surface area contributed by atoms with Gasteiger partial charge in [-0.15, -0.1) is 0 Å². The summed E-state index contributed by atoms with van der Waals surface area (Å²) in [6, 6.07) is 3.86. The number of hydrogen-bond acceptors (Lipinski definition) is 4. The first kappa shape index (κ1) is 13.1. The fraction of sp³-hybridized carbons (Fsp3) is 0.357. The van der Waals surface area contributed by atoms with Crippen molar-refractivity contribution in [2.45, 2.75) is 29.7 Å². The van der Waals surface area contributed by atoms with Crippen LogP contribution in [0.25, 0.3) is 0 Å². The first-order chi connectivity index (χ1) is 9.15. The number of allylic oxidation sites excluding steroid dienone is 2.